The minimum absolute atomic E-state index is 0.176. The van der Waals surface area contributed by atoms with Gasteiger partial charge >= 0.3 is 0 Å². The highest BCUT2D eigenvalue weighted by molar-refractivity contribution is 6.30. The number of benzene rings is 2. The molecule has 0 aliphatic rings. The van der Waals surface area contributed by atoms with Gasteiger partial charge < -0.3 is 19.5 Å². The molecule has 2 amide bonds. The van der Waals surface area contributed by atoms with Crippen LogP contribution in [0.15, 0.2) is 41.5 Å². The van der Waals surface area contributed by atoms with Gasteiger partial charge in [-0.2, -0.15) is 5.10 Å². The molecule has 0 saturated carbocycles. The fourth-order valence-electron chi connectivity index (χ4n) is 2.97. The van der Waals surface area contributed by atoms with E-state index in [-0.39, 0.29) is 11.8 Å². The number of amides is 2. The molecule has 0 bridgehead atoms. The summed E-state index contributed by atoms with van der Waals surface area (Å²) in [5.74, 6) is 0.773. The number of nitrogens with one attached hydrogen (secondary N) is 2. The number of hydrazone groups is 1. The summed E-state index contributed by atoms with van der Waals surface area (Å²) in [6, 6.07) is 9.09. The Morgan fingerprint density at radius 3 is 2.12 bits per heavy atom. The summed E-state index contributed by atoms with van der Waals surface area (Å²) >= 11 is 5.87. The number of nitrogens with zero attached hydrogens (tertiary/aromatic N) is 1. The van der Waals surface area contributed by atoms with Crippen molar-refractivity contribution in [3.05, 3.63) is 52.5 Å². The van der Waals surface area contributed by atoms with E-state index in [1.165, 1.54) is 27.5 Å². The molecular formula is C23H28ClN3O5. The molecule has 2 N–H and O–H groups in total. The number of methoxy groups -OCH3 is 3. The van der Waals surface area contributed by atoms with Crippen LogP contribution in [-0.2, 0) is 4.79 Å². The monoisotopic (exact) mass is 461 g/mol. The van der Waals surface area contributed by atoms with Gasteiger partial charge in [0.2, 0.25) is 5.75 Å². The van der Waals surface area contributed by atoms with Crippen molar-refractivity contribution in [2.75, 3.05) is 21.3 Å². The number of hydrogen-bond acceptors (Lipinski definition) is 6. The zero-order valence-corrected chi connectivity index (χ0v) is 19.5. The van der Waals surface area contributed by atoms with Gasteiger partial charge in [0.05, 0.1) is 27.5 Å². The van der Waals surface area contributed by atoms with Gasteiger partial charge in [0, 0.05) is 16.1 Å². The molecule has 32 heavy (non-hydrogen) atoms. The van der Waals surface area contributed by atoms with Gasteiger partial charge in [-0.1, -0.05) is 25.4 Å². The molecule has 0 aliphatic carbocycles. The van der Waals surface area contributed by atoms with Crippen LogP contribution in [0.2, 0.25) is 5.02 Å². The number of ether oxygens (including phenoxy) is 3. The molecule has 2 aromatic carbocycles. The van der Waals surface area contributed by atoms with Crippen LogP contribution in [0, 0.1) is 5.92 Å². The molecule has 9 heteroatoms. The third-order valence-corrected chi connectivity index (χ3v) is 4.76. The second-order valence-electron chi connectivity index (χ2n) is 7.36. The molecule has 1 atom stereocenters. The number of rotatable bonds is 10. The molecule has 0 fully saturated rings. The molecule has 2 aromatic rings. The maximum absolute atomic E-state index is 12.7. The van der Waals surface area contributed by atoms with E-state index in [9.17, 15) is 9.59 Å². The Morgan fingerprint density at radius 1 is 1.03 bits per heavy atom. The normalized spacial score (nSPS) is 11.8. The number of carbonyl (C=O) groups excluding carboxylic acids is 2. The zero-order valence-electron chi connectivity index (χ0n) is 18.8. The Balaban J connectivity index is 2.12. The van der Waals surface area contributed by atoms with Gasteiger partial charge in [-0.15, -0.1) is 0 Å². The Kier molecular flexibility index (Phi) is 9.34. The maximum atomic E-state index is 12.7. The van der Waals surface area contributed by atoms with Crippen LogP contribution in [0.4, 0.5) is 0 Å². The van der Waals surface area contributed by atoms with E-state index in [0.717, 1.165) is 0 Å². The number of halogens is 1. The van der Waals surface area contributed by atoms with Crippen molar-refractivity contribution < 1.29 is 23.8 Å². The standard InChI is InChI=1S/C23H28ClN3O5/c1-14(2)10-18(26-22(28)16-6-8-17(24)9-7-16)23(29)27-25-13-15-11-19(30-3)21(32-5)20(12-15)31-4/h6-9,11-14,18H,10H2,1-5H3,(H,26,28)(H,27,29)/b25-13+. The van der Waals surface area contributed by atoms with Crippen LogP contribution < -0.4 is 25.0 Å². The highest BCUT2D eigenvalue weighted by Gasteiger charge is 2.22. The third kappa shape index (κ3) is 6.88. The van der Waals surface area contributed by atoms with Crippen LogP contribution in [0.25, 0.3) is 0 Å². The van der Waals surface area contributed by atoms with Crippen molar-refractivity contribution in [1.82, 2.24) is 10.7 Å². The first-order valence-corrected chi connectivity index (χ1v) is 10.4. The smallest absolute Gasteiger partial charge is 0.262 e. The predicted molar refractivity (Wildman–Crippen MR) is 124 cm³/mol. The molecule has 0 saturated heterocycles. The summed E-state index contributed by atoms with van der Waals surface area (Å²) in [5.41, 5.74) is 3.53. The van der Waals surface area contributed by atoms with Crippen molar-refractivity contribution in [1.29, 1.82) is 0 Å². The number of hydrogen-bond donors (Lipinski definition) is 2. The van der Waals surface area contributed by atoms with Crippen LogP contribution in [0.3, 0.4) is 0 Å². The minimum Gasteiger partial charge on any atom is -0.493 e. The number of carbonyl (C=O) groups is 2. The topological polar surface area (TPSA) is 98.2 Å². The van der Waals surface area contributed by atoms with Gasteiger partial charge in [0.25, 0.3) is 11.8 Å². The summed E-state index contributed by atoms with van der Waals surface area (Å²) in [7, 11) is 4.54. The predicted octanol–water partition coefficient (Wildman–Crippen LogP) is 3.66. The largest absolute Gasteiger partial charge is 0.493 e. The highest BCUT2D eigenvalue weighted by Crippen LogP contribution is 2.37. The lowest BCUT2D eigenvalue weighted by atomic mass is 10.0. The summed E-state index contributed by atoms with van der Waals surface area (Å²) in [5, 5.41) is 7.31. The quantitative estimate of drug-likeness (QED) is 0.415. The van der Waals surface area contributed by atoms with Crippen LogP contribution in [0.5, 0.6) is 17.2 Å². The Hall–Kier alpha value is -3.26. The van der Waals surface area contributed by atoms with E-state index in [1.807, 2.05) is 13.8 Å². The zero-order chi connectivity index (χ0) is 23.7. The molecule has 1 unspecified atom stereocenters. The fraction of sp³-hybridized carbons (Fsp3) is 0.348. The SMILES string of the molecule is COc1cc(/C=N/NC(=O)C(CC(C)C)NC(=O)c2ccc(Cl)cc2)cc(OC)c1OC. The van der Waals surface area contributed by atoms with Crippen molar-refractivity contribution in [2.24, 2.45) is 11.0 Å². The molecule has 8 nitrogen and oxygen atoms in total. The van der Waals surface area contributed by atoms with Crippen molar-refractivity contribution >= 4 is 29.6 Å². The Bertz CT molecular complexity index is 936. The first-order valence-electron chi connectivity index (χ1n) is 9.98. The Morgan fingerprint density at radius 2 is 1.62 bits per heavy atom. The molecule has 2 rings (SSSR count). The van der Waals surface area contributed by atoms with E-state index in [1.54, 1.807) is 36.4 Å². The first kappa shape index (κ1) is 25.0. The van der Waals surface area contributed by atoms with Gasteiger partial charge in [-0.3, -0.25) is 9.59 Å². The Labute approximate surface area is 192 Å². The van der Waals surface area contributed by atoms with Crippen LogP contribution >= 0.6 is 11.6 Å². The average Bonchev–Trinajstić information content (AvgIpc) is 2.77. The maximum Gasteiger partial charge on any atom is 0.262 e. The van der Waals surface area contributed by atoms with Crippen molar-refractivity contribution in [2.45, 2.75) is 26.3 Å². The summed E-state index contributed by atoms with van der Waals surface area (Å²) < 4.78 is 15.9. The van der Waals surface area contributed by atoms with E-state index in [4.69, 9.17) is 25.8 Å². The molecule has 0 aromatic heterocycles. The second-order valence-corrected chi connectivity index (χ2v) is 7.79. The molecule has 0 radical (unpaired) electrons. The van der Waals surface area contributed by atoms with Gasteiger partial charge in [-0.25, -0.2) is 5.43 Å². The lowest BCUT2D eigenvalue weighted by molar-refractivity contribution is -0.123. The average molecular weight is 462 g/mol. The molecular weight excluding hydrogens is 434 g/mol. The highest BCUT2D eigenvalue weighted by atomic mass is 35.5. The summed E-state index contributed by atoms with van der Waals surface area (Å²) in [6.45, 7) is 3.93. The molecule has 0 heterocycles. The third-order valence-electron chi connectivity index (χ3n) is 4.51. The molecule has 0 aliphatic heterocycles. The lowest BCUT2D eigenvalue weighted by Crippen LogP contribution is -2.46. The molecule has 172 valence electrons. The van der Waals surface area contributed by atoms with E-state index in [0.29, 0.717) is 39.8 Å². The first-order chi connectivity index (χ1) is 15.3. The van der Waals surface area contributed by atoms with Gasteiger partial charge in [0.15, 0.2) is 11.5 Å². The van der Waals surface area contributed by atoms with Crippen molar-refractivity contribution in [3.8, 4) is 17.2 Å². The van der Waals surface area contributed by atoms with Crippen LogP contribution in [-0.4, -0.2) is 45.4 Å². The summed E-state index contributed by atoms with van der Waals surface area (Å²) in [4.78, 5) is 25.2. The van der Waals surface area contributed by atoms with Crippen LogP contribution in [0.1, 0.15) is 36.2 Å². The van der Waals surface area contributed by atoms with Crippen molar-refractivity contribution in [3.63, 3.8) is 0 Å². The van der Waals surface area contributed by atoms with Gasteiger partial charge in [0.1, 0.15) is 6.04 Å². The van der Waals surface area contributed by atoms with Gasteiger partial charge in [-0.05, 0) is 48.7 Å². The summed E-state index contributed by atoms with van der Waals surface area (Å²) in [6.07, 6.45) is 1.90. The van der Waals surface area contributed by atoms with E-state index in [2.05, 4.69) is 15.8 Å². The molecule has 0 spiro atoms. The minimum atomic E-state index is -0.754. The van der Waals surface area contributed by atoms with E-state index >= 15 is 0 Å². The fourth-order valence-corrected chi connectivity index (χ4v) is 3.10. The lowest BCUT2D eigenvalue weighted by Gasteiger charge is -2.19. The van der Waals surface area contributed by atoms with E-state index < -0.39 is 11.9 Å². The second kappa shape index (κ2) is 12.0.